The summed E-state index contributed by atoms with van der Waals surface area (Å²) in [6, 6.07) is 7.45. The molecule has 1 unspecified atom stereocenters. The molecular weight excluding hydrogens is 511 g/mol. The lowest BCUT2D eigenvalue weighted by molar-refractivity contribution is 0.0386. The minimum atomic E-state index is -0.429. The number of hydrogen-bond donors (Lipinski definition) is 3. The van der Waals surface area contributed by atoms with E-state index in [1.54, 1.807) is 30.2 Å². The molecule has 11 heteroatoms. The molecule has 3 heterocycles. The van der Waals surface area contributed by atoms with Crippen molar-refractivity contribution < 1.29 is 19.0 Å². The van der Waals surface area contributed by atoms with E-state index in [2.05, 4.69) is 15.3 Å². The van der Waals surface area contributed by atoms with E-state index in [9.17, 15) is 14.3 Å². The first kappa shape index (κ1) is 27.3. The highest BCUT2D eigenvalue weighted by atomic mass is 35.5. The minimum absolute atomic E-state index is 0.138. The molecule has 0 fully saturated rings. The summed E-state index contributed by atoms with van der Waals surface area (Å²) >= 11 is 6.51. The number of pyridine rings is 1. The van der Waals surface area contributed by atoms with Crippen LogP contribution in [-0.4, -0.2) is 57.6 Å². The highest BCUT2D eigenvalue weighted by Crippen LogP contribution is 2.33. The molecule has 4 N–H and O–H groups in total. The van der Waals surface area contributed by atoms with Crippen LogP contribution in [0, 0.1) is 5.82 Å². The van der Waals surface area contributed by atoms with Gasteiger partial charge in [-0.25, -0.2) is 9.37 Å². The maximum Gasteiger partial charge on any atom is 0.271 e. The van der Waals surface area contributed by atoms with Crippen LogP contribution in [0.4, 0.5) is 10.2 Å². The van der Waals surface area contributed by atoms with E-state index in [1.807, 2.05) is 17.7 Å². The highest BCUT2D eigenvalue weighted by Gasteiger charge is 2.34. The summed E-state index contributed by atoms with van der Waals surface area (Å²) < 4.78 is 21.3. The average molecular weight is 541 g/mol. The van der Waals surface area contributed by atoms with Gasteiger partial charge in [0, 0.05) is 50.3 Å². The Hall–Kier alpha value is -3.73. The lowest BCUT2D eigenvalue weighted by Crippen LogP contribution is -2.49. The molecular formula is C27H30ClFN6O3. The number of aromatic nitrogens is 2. The number of nitrogens with one attached hydrogen (secondary N) is 1. The van der Waals surface area contributed by atoms with Crippen LogP contribution in [0.15, 0.2) is 60.0 Å². The Bertz CT molecular complexity index is 1370. The van der Waals surface area contributed by atoms with Crippen LogP contribution >= 0.6 is 11.6 Å². The maximum atomic E-state index is 14.0. The second-order valence-electron chi connectivity index (χ2n) is 8.77. The number of nitrogens with zero attached hydrogens (tertiary/aromatic N) is 4. The van der Waals surface area contributed by atoms with Gasteiger partial charge in [-0.1, -0.05) is 17.7 Å². The quantitative estimate of drug-likeness (QED) is 0.280. The number of aliphatic hydroxyl groups excluding tert-OH is 1. The van der Waals surface area contributed by atoms with Crippen molar-refractivity contribution in [3.8, 4) is 11.1 Å². The molecule has 0 aliphatic carbocycles. The summed E-state index contributed by atoms with van der Waals surface area (Å²) in [5, 5.41) is 13.3. The van der Waals surface area contributed by atoms with E-state index in [0.29, 0.717) is 58.8 Å². The number of fused-ring (bicyclic) bond motifs is 1. The topological polar surface area (TPSA) is 118 Å². The Balaban J connectivity index is 1.67. The van der Waals surface area contributed by atoms with Crippen molar-refractivity contribution in [3.63, 3.8) is 0 Å². The normalized spacial score (nSPS) is 15.8. The van der Waals surface area contributed by atoms with Crippen LogP contribution in [-0.2, 0) is 24.4 Å². The summed E-state index contributed by atoms with van der Waals surface area (Å²) in [5.41, 5.74) is 8.54. The predicted octanol–water partition coefficient (Wildman–Crippen LogP) is 3.81. The van der Waals surface area contributed by atoms with Gasteiger partial charge in [-0.15, -0.1) is 0 Å². The zero-order chi connectivity index (χ0) is 27.2. The fourth-order valence-corrected chi connectivity index (χ4v) is 4.71. The number of carbonyl (C=O) groups excluding carboxylic acids is 1. The molecule has 200 valence electrons. The Kier molecular flexibility index (Phi) is 8.77. The van der Waals surface area contributed by atoms with Crippen LogP contribution < -0.4 is 11.1 Å². The van der Waals surface area contributed by atoms with Gasteiger partial charge < -0.3 is 30.4 Å². The molecule has 3 aromatic rings. The summed E-state index contributed by atoms with van der Waals surface area (Å²) in [6.07, 6.45) is 6.44. The molecule has 1 amide bonds. The van der Waals surface area contributed by atoms with Gasteiger partial charge in [-0.05, 0) is 54.6 Å². The largest absolute Gasteiger partial charge is 0.404 e. The zero-order valence-electron chi connectivity index (χ0n) is 21.2. The third-order valence-corrected chi connectivity index (χ3v) is 6.57. The van der Waals surface area contributed by atoms with Gasteiger partial charge >= 0.3 is 0 Å². The van der Waals surface area contributed by atoms with Gasteiger partial charge in [0.15, 0.2) is 0 Å². The molecule has 1 aromatic carbocycles. The maximum absolute atomic E-state index is 14.0. The van der Waals surface area contributed by atoms with Gasteiger partial charge in [-0.3, -0.25) is 9.79 Å². The molecule has 0 bridgehead atoms. The first-order chi connectivity index (χ1) is 18.4. The number of anilines is 1. The van der Waals surface area contributed by atoms with Crippen molar-refractivity contribution in [2.24, 2.45) is 10.7 Å². The van der Waals surface area contributed by atoms with Crippen molar-refractivity contribution >= 4 is 29.2 Å². The Morgan fingerprint density at radius 2 is 2.18 bits per heavy atom. The molecule has 0 saturated heterocycles. The van der Waals surface area contributed by atoms with Crippen molar-refractivity contribution in [2.75, 3.05) is 25.6 Å². The molecule has 0 saturated carbocycles. The first-order valence-corrected chi connectivity index (χ1v) is 12.5. The van der Waals surface area contributed by atoms with Crippen LogP contribution in [0.3, 0.4) is 0 Å². The number of hydrogen-bond acceptors (Lipinski definition) is 6. The number of rotatable bonds is 9. The summed E-state index contributed by atoms with van der Waals surface area (Å²) in [5.74, 6) is 0.416. The van der Waals surface area contributed by atoms with Crippen molar-refractivity contribution in [1.82, 2.24) is 14.5 Å². The fraction of sp³-hybridized carbons (Fsp3) is 0.296. The molecule has 0 radical (unpaired) electrons. The number of amides is 1. The second-order valence-corrected chi connectivity index (χ2v) is 9.18. The third kappa shape index (κ3) is 5.88. The number of ether oxygens (including phenoxy) is 1. The highest BCUT2D eigenvalue weighted by molar-refractivity contribution is 6.33. The third-order valence-electron chi connectivity index (χ3n) is 6.27. The predicted molar refractivity (Wildman–Crippen MR) is 145 cm³/mol. The molecule has 2 aromatic heterocycles. The number of aliphatic imine (C=N–C) groups is 1. The molecule has 1 atom stereocenters. The monoisotopic (exact) mass is 540 g/mol. The number of methoxy groups -OCH3 is 1. The summed E-state index contributed by atoms with van der Waals surface area (Å²) in [4.78, 5) is 24.0. The van der Waals surface area contributed by atoms with E-state index in [1.165, 1.54) is 30.6 Å². The summed E-state index contributed by atoms with van der Waals surface area (Å²) in [7, 11) is 1.57. The molecule has 1 aliphatic heterocycles. The second kappa shape index (κ2) is 12.2. The van der Waals surface area contributed by atoms with Gasteiger partial charge in [-0.2, -0.15) is 0 Å². The van der Waals surface area contributed by atoms with Crippen molar-refractivity contribution in [1.29, 1.82) is 0 Å². The van der Waals surface area contributed by atoms with E-state index >= 15 is 0 Å². The Morgan fingerprint density at radius 1 is 1.37 bits per heavy atom. The lowest BCUT2D eigenvalue weighted by Gasteiger charge is -2.36. The van der Waals surface area contributed by atoms with E-state index in [0.717, 1.165) is 5.56 Å². The molecule has 9 nitrogen and oxygen atoms in total. The molecule has 38 heavy (non-hydrogen) atoms. The van der Waals surface area contributed by atoms with Crippen LogP contribution in [0.25, 0.3) is 11.1 Å². The smallest absolute Gasteiger partial charge is 0.271 e. The van der Waals surface area contributed by atoms with Crippen molar-refractivity contribution in [2.45, 2.75) is 32.7 Å². The molecule has 4 rings (SSSR count). The number of aliphatic hydroxyl groups is 1. The van der Waals surface area contributed by atoms with Gasteiger partial charge in [0.05, 0.1) is 24.3 Å². The van der Waals surface area contributed by atoms with E-state index in [4.69, 9.17) is 22.1 Å². The van der Waals surface area contributed by atoms with E-state index < -0.39 is 5.82 Å². The SMILES string of the molecule is CCN=C(C=CN)Nc1cc(-c2cc3n(c2)CC(COC)N(Cc2cc(F)ccc2CO)C3=O)c(Cl)cn1. The number of amidine groups is 1. The number of nitrogens with two attached hydrogens (primary N) is 1. The Labute approximate surface area is 225 Å². The van der Waals surface area contributed by atoms with E-state index in [-0.39, 0.29) is 25.1 Å². The number of benzene rings is 1. The Morgan fingerprint density at radius 3 is 2.89 bits per heavy atom. The lowest BCUT2D eigenvalue weighted by atomic mass is 10.0. The minimum Gasteiger partial charge on any atom is -0.404 e. The average Bonchev–Trinajstić information content (AvgIpc) is 3.32. The van der Waals surface area contributed by atoms with Crippen LogP contribution in [0.5, 0.6) is 0 Å². The van der Waals surface area contributed by atoms with Gasteiger partial charge in [0.25, 0.3) is 5.91 Å². The fourth-order valence-electron chi connectivity index (χ4n) is 4.50. The van der Waals surface area contributed by atoms with Gasteiger partial charge in [0.1, 0.15) is 23.2 Å². The van der Waals surface area contributed by atoms with Gasteiger partial charge in [0.2, 0.25) is 0 Å². The standard InChI is InChI=1S/C27H30ClFN6O3/c1-3-31-25(6-7-30)33-26-10-22(23(28)11-32-26)19-9-24-27(37)35(21(16-38-2)14-34(24)12-19)13-18-8-20(29)5-4-17(18)15-36/h4-12,21,36H,3,13-16,30H2,1-2H3,(H,31,32,33). The van der Waals surface area contributed by atoms with Crippen LogP contribution in [0.1, 0.15) is 28.5 Å². The first-order valence-electron chi connectivity index (χ1n) is 12.1. The number of halogens is 2. The van der Waals surface area contributed by atoms with Crippen LogP contribution in [0.2, 0.25) is 5.02 Å². The molecule has 1 aliphatic rings. The zero-order valence-corrected chi connectivity index (χ0v) is 22.0. The molecule has 0 spiro atoms. The number of carbonyl (C=O) groups is 1. The van der Waals surface area contributed by atoms with Crippen molar-refractivity contribution in [3.05, 3.63) is 82.7 Å². The summed E-state index contributed by atoms with van der Waals surface area (Å²) in [6.45, 7) is 3.13.